The Hall–Kier alpha value is -2.01. The van der Waals surface area contributed by atoms with Crippen LogP contribution in [0.15, 0.2) is 42.5 Å². The number of aryl methyl sites for hydroxylation is 1. The Kier molecular flexibility index (Phi) is 5.26. The van der Waals surface area contributed by atoms with Crippen LogP contribution in [0.4, 0.5) is 0 Å². The first-order valence-corrected chi connectivity index (χ1v) is 11.3. The van der Waals surface area contributed by atoms with Crippen molar-refractivity contribution >= 4 is 40.0 Å². The van der Waals surface area contributed by atoms with Crippen LogP contribution in [0.1, 0.15) is 34.5 Å². The van der Waals surface area contributed by atoms with E-state index >= 15 is 0 Å². The zero-order valence-corrected chi connectivity index (χ0v) is 18.6. The topological polar surface area (TPSA) is 28.5 Å². The number of hydrogen-bond acceptors (Lipinski definition) is 2. The fraction of sp³-hybridized carbons (Fsp3) is 0.375. The summed E-state index contributed by atoms with van der Waals surface area (Å²) in [6.07, 6.45) is 2.94. The zero-order valence-electron chi connectivity index (χ0n) is 17.1. The Morgan fingerprint density at radius 2 is 1.77 bits per heavy atom. The van der Waals surface area contributed by atoms with Crippen LogP contribution in [0, 0.1) is 0 Å². The zero-order chi connectivity index (χ0) is 20.8. The molecule has 2 aliphatic heterocycles. The number of aromatic nitrogens is 1. The molecule has 1 saturated heterocycles. The third kappa shape index (κ3) is 3.41. The molecule has 2 aromatic carbocycles. The predicted octanol–water partition coefficient (Wildman–Crippen LogP) is 5.15. The molecule has 156 valence electrons. The van der Waals surface area contributed by atoms with E-state index in [2.05, 4.69) is 33.5 Å². The number of halogens is 2. The lowest BCUT2D eigenvalue weighted by Gasteiger charge is -2.40. The van der Waals surface area contributed by atoms with E-state index in [1.165, 1.54) is 11.3 Å². The molecule has 3 heterocycles. The summed E-state index contributed by atoms with van der Waals surface area (Å²) in [5.74, 6) is 0.205. The van der Waals surface area contributed by atoms with Crippen molar-refractivity contribution < 1.29 is 4.79 Å². The van der Waals surface area contributed by atoms with E-state index in [1.54, 1.807) is 0 Å². The number of carbonyl (C=O) groups excluding carboxylic acids is 1. The number of benzene rings is 2. The van der Waals surface area contributed by atoms with Crippen LogP contribution in [-0.2, 0) is 20.0 Å². The standard InChI is InChI=1S/C24H25Cl2N3O/c1-27-21-5-3-2-4-18(21)23-22(27)10-13-29(24(23)30)17-8-11-28(12-9-17)15-16-6-7-19(25)20(26)14-16/h2-7,14,17H,8-13,15H2,1H3. The van der Waals surface area contributed by atoms with E-state index in [0.29, 0.717) is 16.1 Å². The van der Waals surface area contributed by atoms with Crippen molar-refractivity contribution in [2.45, 2.75) is 31.8 Å². The lowest BCUT2D eigenvalue weighted by atomic mass is 9.97. The number of carbonyl (C=O) groups is 1. The lowest BCUT2D eigenvalue weighted by Crippen LogP contribution is -2.49. The van der Waals surface area contributed by atoms with Crippen LogP contribution >= 0.6 is 23.2 Å². The first kappa shape index (κ1) is 19.9. The van der Waals surface area contributed by atoms with Crippen molar-refractivity contribution in [3.05, 3.63) is 69.3 Å². The molecule has 0 bridgehead atoms. The molecule has 6 heteroatoms. The molecular formula is C24H25Cl2N3O. The van der Waals surface area contributed by atoms with Gasteiger partial charge in [0.25, 0.3) is 5.91 Å². The van der Waals surface area contributed by atoms with Gasteiger partial charge in [-0.05, 0) is 36.6 Å². The quantitative estimate of drug-likeness (QED) is 0.562. The Morgan fingerprint density at radius 3 is 2.53 bits per heavy atom. The van der Waals surface area contributed by atoms with Crippen LogP contribution in [0.25, 0.3) is 10.9 Å². The minimum Gasteiger partial charge on any atom is -0.347 e. The van der Waals surface area contributed by atoms with Gasteiger partial charge in [-0.2, -0.15) is 0 Å². The number of rotatable bonds is 3. The maximum atomic E-state index is 13.5. The van der Waals surface area contributed by atoms with Crippen molar-refractivity contribution in [3.63, 3.8) is 0 Å². The Labute approximate surface area is 187 Å². The maximum Gasteiger partial charge on any atom is 0.256 e. The Balaban J connectivity index is 1.29. The normalized spacial score (nSPS) is 18.2. The van der Waals surface area contributed by atoms with Gasteiger partial charge in [-0.25, -0.2) is 0 Å². The number of para-hydroxylation sites is 1. The summed E-state index contributed by atoms with van der Waals surface area (Å²) in [5.41, 5.74) is 4.42. The Morgan fingerprint density at radius 1 is 1.00 bits per heavy atom. The number of nitrogens with zero attached hydrogens (tertiary/aromatic N) is 3. The summed E-state index contributed by atoms with van der Waals surface area (Å²) in [7, 11) is 2.08. The Bertz CT molecular complexity index is 1120. The molecule has 2 aliphatic rings. The minimum absolute atomic E-state index is 0.205. The molecular weight excluding hydrogens is 417 g/mol. The van der Waals surface area contributed by atoms with Crippen molar-refractivity contribution in [2.75, 3.05) is 19.6 Å². The molecule has 0 unspecified atom stereocenters. The highest BCUT2D eigenvalue weighted by Crippen LogP contribution is 2.32. The van der Waals surface area contributed by atoms with E-state index in [1.807, 2.05) is 30.3 Å². The van der Waals surface area contributed by atoms with Crippen LogP contribution in [0.2, 0.25) is 10.0 Å². The number of hydrogen-bond donors (Lipinski definition) is 0. The minimum atomic E-state index is 0.205. The average molecular weight is 442 g/mol. The van der Waals surface area contributed by atoms with Gasteiger partial charge in [-0.15, -0.1) is 0 Å². The molecule has 0 saturated carbocycles. The molecule has 0 N–H and O–H groups in total. The summed E-state index contributed by atoms with van der Waals surface area (Å²) in [6.45, 7) is 3.65. The predicted molar refractivity (Wildman–Crippen MR) is 122 cm³/mol. The second-order valence-corrected chi connectivity index (χ2v) is 9.22. The number of fused-ring (bicyclic) bond motifs is 3. The van der Waals surface area contributed by atoms with E-state index < -0.39 is 0 Å². The van der Waals surface area contributed by atoms with Gasteiger partial charge in [0.05, 0.1) is 15.6 Å². The fourth-order valence-electron chi connectivity index (χ4n) is 5.08. The van der Waals surface area contributed by atoms with E-state index in [0.717, 1.165) is 61.9 Å². The van der Waals surface area contributed by atoms with E-state index in [-0.39, 0.29) is 5.91 Å². The smallest absolute Gasteiger partial charge is 0.256 e. The van der Waals surface area contributed by atoms with Crippen molar-refractivity contribution in [3.8, 4) is 0 Å². The van der Waals surface area contributed by atoms with Gasteiger partial charge in [0.15, 0.2) is 0 Å². The highest BCUT2D eigenvalue weighted by atomic mass is 35.5. The molecule has 1 aromatic heterocycles. The van der Waals surface area contributed by atoms with Gasteiger partial charge in [0.1, 0.15) is 0 Å². The van der Waals surface area contributed by atoms with Gasteiger partial charge >= 0.3 is 0 Å². The van der Waals surface area contributed by atoms with Gasteiger partial charge in [-0.3, -0.25) is 9.69 Å². The molecule has 0 spiro atoms. The SMILES string of the molecule is Cn1c2c(c3ccccc31)C(=O)N(C1CCN(Cc3ccc(Cl)c(Cl)c3)CC1)CC2. The first-order valence-electron chi connectivity index (χ1n) is 10.6. The summed E-state index contributed by atoms with van der Waals surface area (Å²) in [4.78, 5) is 18.0. The summed E-state index contributed by atoms with van der Waals surface area (Å²) >= 11 is 12.2. The summed E-state index contributed by atoms with van der Waals surface area (Å²) in [6, 6.07) is 14.4. The molecule has 1 amide bonds. The third-order valence-electron chi connectivity index (χ3n) is 6.68. The highest BCUT2D eigenvalue weighted by molar-refractivity contribution is 6.42. The van der Waals surface area contributed by atoms with Gasteiger partial charge in [0, 0.05) is 62.3 Å². The van der Waals surface area contributed by atoms with E-state index in [4.69, 9.17) is 23.2 Å². The van der Waals surface area contributed by atoms with Crippen molar-refractivity contribution in [1.29, 1.82) is 0 Å². The number of piperidine rings is 1. The third-order valence-corrected chi connectivity index (χ3v) is 7.42. The maximum absolute atomic E-state index is 13.5. The summed E-state index contributed by atoms with van der Waals surface area (Å²) < 4.78 is 2.19. The molecule has 30 heavy (non-hydrogen) atoms. The molecule has 5 rings (SSSR count). The molecule has 0 atom stereocenters. The van der Waals surface area contributed by atoms with Gasteiger partial charge in [-0.1, -0.05) is 47.5 Å². The first-order chi connectivity index (χ1) is 14.5. The molecule has 0 aliphatic carbocycles. The summed E-state index contributed by atoms with van der Waals surface area (Å²) in [5, 5.41) is 2.28. The monoisotopic (exact) mass is 441 g/mol. The second-order valence-electron chi connectivity index (χ2n) is 8.40. The number of amides is 1. The molecule has 3 aromatic rings. The van der Waals surface area contributed by atoms with Crippen LogP contribution in [-0.4, -0.2) is 46.0 Å². The molecule has 0 radical (unpaired) electrons. The van der Waals surface area contributed by atoms with Crippen LogP contribution in [0.5, 0.6) is 0 Å². The fourth-order valence-corrected chi connectivity index (χ4v) is 5.40. The average Bonchev–Trinajstić information content (AvgIpc) is 3.05. The van der Waals surface area contributed by atoms with Crippen LogP contribution in [0.3, 0.4) is 0 Å². The van der Waals surface area contributed by atoms with Crippen LogP contribution < -0.4 is 0 Å². The second kappa shape index (κ2) is 7.92. The van der Waals surface area contributed by atoms with Gasteiger partial charge < -0.3 is 9.47 Å². The molecule has 4 nitrogen and oxygen atoms in total. The lowest BCUT2D eigenvalue weighted by molar-refractivity contribution is 0.0546. The van der Waals surface area contributed by atoms with Crippen molar-refractivity contribution in [1.82, 2.24) is 14.4 Å². The van der Waals surface area contributed by atoms with Crippen molar-refractivity contribution in [2.24, 2.45) is 7.05 Å². The highest BCUT2D eigenvalue weighted by Gasteiger charge is 2.35. The molecule has 1 fully saturated rings. The van der Waals surface area contributed by atoms with E-state index in [9.17, 15) is 4.79 Å². The van der Waals surface area contributed by atoms with Gasteiger partial charge in [0.2, 0.25) is 0 Å². The number of likely N-dealkylation sites (tertiary alicyclic amines) is 1. The largest absolute Gasteiger partial charge is 0.347 e.